The second kappa shape index (κ2) is 4.55. The Labute approximate surface area is 105 Å². The van der Waals surface area contributed by atoms with Crippen molar-refractivity contribution < 1.29 is 4.42 Å². The van der Waals surface area contributed by atoms with Gasteiger partial charge in [0.15, 0.2) is 5.22 Å². The fourth-order valence-electron chi connectivity index (χ4n) is 2.26. The Bertz CT molecular complexity index is 550. The maximum atomic E-state index is 6.13. The van der Waals surface area contributed by atoms with Gasteiger partial charge in [0.05, 0.1) is 0 Å². The summed E-state index contributed by atoms with van der Waals surface area (Å²) in [4.78, 5) is 0. The van der Waals surface area contributed by atoms with E-state index in [0.717, 1.165) is 35.9 Å². The molecule has 0 amide bonds. The molecule has 1 aliphatic carbocycles. The van der Waals surface area contributed by atoms with E-state index in [9.17, 15) is 0 Å². The van der Waals surface area contributed by atoms with Crippen LogP contribution >= 0.6 is 11.6 Å². The highest BCUT2D eigenvalue weighted by Crippen LogP contribution is 2.29. The fraction of sp³-hybridized carbons (Fsp3) is 0.286. The van der Waals surface area contributed by atoms with Crippen LogP contribution in [0.1, 0.15) is 18.4 Å². The van der Waals surface area contributed by atoms with Gasteiger partial charge in [-0.2, -0.15) is 0 Å². The summed E-state index contributed by atoms with van der Waals surface area (Å²) in [5.74, 6) is 0. The third-order valence-electron chi connectivity index (χ3n) is 3.22. The zero-order chi connectivity index (χ0) is 11.7. The van der Waals surface area contributed by atoms with Crippen LogP contribution in [0.4, 0.5) is 0 Å². The van der Waals surface area contributed by atoms with Crippen molar-refractivity contribution in [3.05, 3.63) is 47.2 Å². The quantitative estimate of drug-likeness (QED) is 0.833. The number of hydrogen-bond acceptors (Lipinski definition) is 2. The molecule has 0 aliphatic heterocycles. The summed E-state index contributed by atoms with van der Waals surface area (Å²) < 4.78 is 5.52. The number of fused-ring (bicyclic) bond motifs is 1. The molecule has 0 saturated carbocycles. The van der Waals surface area contributed by atoms with Crippen molar-refractivity contribution in [1.82, 2.24) is 5.32 Å². The summed E-state index contributed by atoms with van der Waals surface area (Å²) in [7, 11) is 0. The Kier molecular flexibility index (Phi) is 2.91. The van der Waals surface area contributed by atoms with Crippen LogP contribution in [-0.4, -0.2) is 6.04 Å². The zero-order valence-electron chi connectivity index (χ0n) is 9.45. The van der Waals surface area contributed by atoms with Crippen molar-refractivity contribution >= 4 is 22.6 Å². The first-order valence-corrected chi connectivity index (χ1v) is 6.26. The smallest absolute Gasteiger partial charge is 0.199 e. The number of halogens is 1. The van der Waals surface area contributed by atoms with Crippen LogP contribution in [0.3, 0.4) is 0 Å². The topological polar surface area (TPSA) is 25.2 Å². The maximum Gasteiger partial charge on any atom is 0.199 e. The molecule has 1 heterocycles. The Hall–Kier alpha value is -1.25. The Balaban J connectivity index is 1.81. The molecule has 17 heavy (non-hydrogen) atoms. The van der Waals surface area contributed by atoms with Crippen LogP contribution in [0, 0.1) is 0 Å². The third-order valence-corrected chi connectivity index (χ3v) is 3.53. The number of para-hydroxylation sites is 1. The molecular weight excluding hydrogens is 234 g/mol. The number of hydrogen-bond donors (Lipinski definition) is 1. The van der Waals surface area contributed by atoms with E-state index < -0.39 is 0 Å². The molecular formula is C14H14ClNO. The minimum atomic E-state index is 0.504. The second-order valence-electron chi connectivity index (χ2n) is 4.37. The third kappa shape index (κ3) is 2.11. The fourth-order valence-corrected chi connectivity index (χ4v) is 2.52. The van der Waals surface area contributed by atoms with Gasteiger partial charge in [0.25, 0.3) is 0 Å². The molecule has 0 fully saturated rings. The summed E-state index contributed by atoms with van der Waals surface area (Å²) >= 11 is 6.13. The van der Waals surface area contributed by atoms with E-state index in [1.165, 1.54) is 0 Å². The largest absolute Gasteiger partial charge is 0.444 e. The summed E-state index contributed by atoms with van der Waals surface area (Å²) in [6, 6.07) is 8.51. The van der Waals surface area contributed by atoms with E-state index in [4.69, 9.17) is 16.0 Å². The van der Waals surface area contributed by atoms with Crippen molar-refractivity contribution in [2.75, 3.05) is 0 Å². The van der Waals surface area contributed by atoms with Gasteiger partial charge >= 0.3 is 0 Å². The molecule has 1 aromatic carbocycles. The van der Waals surface area contributed by atoms with Crippen LogP contribution in [0.15, 0.2) is 40.8 Å². The number of nitrogens with one attached hydrogen (secondary N) is 1. The molecule has 3 heteroatoms. The monoisotopic (exact) mass is 247 g/mol. The Morgan fingerprint density at radius 2 is 2.00 bits per heavy atom. The highest BCUT2D eigenvalue weighted by molar-refractivity contribution is 6.30. The van der Waals surface area contributed by atoms with Crippen LogP contribution in [-0.2, 0) is 6.54 Å². The van der Waals surface area contributed by atoms with Crippen LogP contribution < -0.4 is 5.32 Å². The minimum absolute atomic E-state index is 0.504. The van der Waals surface area contributed by atoms with Gasteiger partial charge in [0.1, 0.15) is 5.58 Å². The first-order valence-electron chi connectivity index (χ1n) is 5.89. The summed E-state index contributed by atoms with van der Waals surface area (Å²) in [5.41, 5.74) is 1.92. The van der Waals surface area contributed by atoms with E-state index in [1.54, 1.807) is 0 Å². The van der Waals surface area contributed by atoms with Crippen molar-refractivity contribution in [3.8, 4) is 0 Å². The first kappa shape index (κ1) is 10.9. The van der Waals surface area contributed by atoms with Crippen molar-refractivity contribution in [2.45, 2.75) is 25.4 Å². The molecule has 88 valence electrons. The molecule has 1 N–H and O–H groups in total. The lowest BCUT2D eigenvalue weighted by Gasteiger charge is -2.10. The average Bonchev–Trinajstić information content (AvgIpc) is 2.93. The number of benzene rings is 1. The average molecular weight is 248 g/mol. The SMILES string of the molecule is Clc1oc2ccccc2c1CNC1CC=CC1. The molecule has 2 nitrogen and oxygen atoms in total. The summed E-state index contributed by atoms with van der Waals surface area (Å²) in [6.45, 7) is 0.766. The number of rotatable bonds is 3. The van der Waals surface area contributed by atoms with Crippen LogP contribution in [0.25, 0.3) is 11.0 Å². The van der Waals surface area contributed by atoms with Gasteiger partial charge in [-0.25, -0.2) is 0 Å². The van der Waals surface area contributed by atoms with Gasteiger partial charge in [-0.1, -0.05) is 30.4 Å². The molecule has 0 atom stereocenters. The van der Waals surface area contributed by atoms with Crippen LogP contribution in [0.2, 0.25) is 5.22 Å². The molecule has 0 spiro atoms. The van der Waals surface area contributed by atoms with Gasteiger partial charge in [0.2, 0.25) is 0 Å². The Morgan fingerprint density at radius 1 is 1.24 bits per heavy atom. The summed E-state index contributed by atoms with van der Waals surface area (Å²) in [6.07, 6.45) is 6.64. The first-order chi connectivity index (χ1) is 8.34. The predicted octanol–water partition coefficient (Wildman–Crippen LogP) is 3.89. The van der Waals surface area contributed by atoms with Gasteiger partial charge < -0.3 is 9.73 Å². The van der Waals surface area contributed by atoms with E-state index in [-0.39, 0.29) is 0 Å². The molecule has 3 rings (SSSR count). The molecule has 2 aromatic rings. The molecule has 1 aliphatic rings. The van der Waals surface area contributed by atoms with Gasteiger partial charge in [-0.15, -0.1) is 0 Å². The molecule has 0 bridgehead atoms. The lowest BCUT2D eigenvalue weighted by molar-refractivity contribution is 0.533. The van der Waals surface area contributed by atoms with Gasteiger partial charge in [-0.3, -0.25) is 0 Å². The van der Waals surface area contributed by atoms with E-state index >= 15 is 0 Å². The lowest BCUT2D eigenvalue weighted by atomic mass is 10.1. The van der Waals surface area contributed by atoms with Crippen molar-refractivity contribution in [3.63, 3.8) is 0 Å². The van der Waals surface area contributed by atoms with Gasteiger partial charge in [-0.05, 0) is 30.5 Å². The van der Waals surface area contributed by atoms with E-state index in [2.05, 4.69) is 23.5 Å². The normalized spacial score (nSPS) is 16.1. The highest BCUT2D eigenvalue weighted by atomic mass is 35.5. The van der Waals surface area contributed by atoms with Crippen molar-refractivity contribution in [1.29, 1.82) is 0 Å². The predicted molar refractivity (Wildman–Crippen MR) is 70.2 cm³/mol. The zero-order valence-corrected chi connectivity index (χ0v) is 10.2. The van der Waals surface area contributed by atoms with E-state index in [0.29, 0.717) is 11.3 Å². The van der Waals surface area contributed by atoms with Crippen molar-refractivity contribution in [2.24, 2.45) is 0 Å². The second-order valence-corrected chi connectivity index (χ2v) is 4.71. The minimum Gasteiger partial charge on any atom is -0.444 e. The molecule has 0 unspecified atom stereocenters. The summed E-state index contributed by atoms with van der Waals surface area (Å²) in [5, 5.41) is 5.12. The lowest BCUT2D eigenvalue weighted by Crippen LogP contribution is -2.25. The van der Waals surface area contributed by atoms with Crippen LogP contribution in [0.5, 0.6) is 0 Å². The van der Waals surface area contributed by atoms with Gasteiger partial charge in [0, 0.05) is 23.5 Å². The number of furan rings is 1. The maximum absolute atomic E-state index is 6.13. The van der Waals surface area contributed by atoms with E-state index in [1.807, 2.05) is 18.2 Å². The Morgan fingerprint density at radius 3 is 2.82 bits per heavy atom. The molecule has 0 radical (unpaired) electrons. The molecule has 0 saturated heterocycles. The molecule has 1 aromatic heterocycles. The standard InChI is InChI=1S/C14H14ClNO/c15-14-12(9-16-10-5-1-2-6-10)11-7-3-4-8-13(11)17-14/h1-4,7-8,10,16H,5-6,9H2. The highest BCUT2D eigenvalue weighted by Gasteiger charge is 2.14.